The SMILES string of the molecule is CN1CCN(c2nc3ccc(NC(=O)c4ccccc4)cc3s2)CC1. The molecule has 1 saturated heterocycles. The van der Waals surface area contributed by atoms with Gasteiger partial charge in [0.05, 0.1) is 10.2 Å². The number of nitrogens with one attached hydrogen (secondary N) is 1. The highest BCUT2D eigenvalue weighted by atomic mass is 32.1. The number of carbonyl (C=O) groups excluding carboxylic acids is 1. The Morgan fingerprint density at radius 1 is 1.08 bits per heavy atom. The lowest BCUT2D eigenvalue weighted by atomic mass is 10.2. The van der Waals surface area contributed by atoms with Crippen LogP contribution in [0.15, 0.2) is 48.5 Å². The third kappa shape index (κ3) is 3.50. The van der Waals surface area contributed by atoms with Crippen LogP contribution in [0.2, 0.25) is 0 Å². The molecule has 5 nitrogen and oxygen atoms in total. The van der Waals surface area contributed by atoms with Crippen LogP contribution >= 0.6 is 11.3 Å². The third-order valence-electron chi connectivity index (χ3n) is 4.44. The van der Waals surface area contributed by atoms with Crippen molar-refractivity contribution in [2.75, 3.05) is 43.4 Å². The van der Waals surface area contributed by atoms with Gasteiger partial charge in [0.2, 0.25) is 0 Å². The van der Waals surface area contributed by atoms with Crippen molar-refractivity contribution in [3.63, 3.8) is 0 Å². The predicted molar refractivity (Wildman–Crippen MR) is 104 cm³/mol. The van der Waals surface area contributed by atoms with Gasteiger partial charge >= 0.3 is 0 Å². The largest absolute Gasteiger partial charge is 0.345 e. The Kier molecular flexibility index (Phi) is 4.38. The van der Waals surface area contributed by atoms with Gasteiger partial charge in [0.25, 0.3) is 5.91 Å². The van der Waals surface area contributed by atoms with Gasteiger partial charge in [-0.2, -0.15) is 0 Å². The minimum absolute atomic E-state index is 0.0937. The maximum Gasteiger partial charge on any atom is 0.255 e. The van der Waals surface area contributed by atoms with Crippen LogP contribution in [-0.4, -0.2) is 49.0 Å². The van der Waals surface area contributed by atoms with Crippen LogP contribution in [0.4, 0.5) is 10.8 Å². The van der Waals surface area contributed by atoms with E-state index in [9.17, 15) is 4.79 Å². The molecule has 1 N–H and O–H groups in total. The minimum Gasteiger partial charge on any atom is -0.345 e. The van der Waals surface area contributed by atoms with Gasteiger partial charge in [0.1, 0.15) is 0 Å². The number of nitrogens with zero attached hydrogens (tertiary/aromatic N) is 3. The number of anilines is 2. The molecular formula is C19H20N4OS. The Labute approximate surface area is 150 Å². The van der Waals surface area contributed by atoms with E-state index in [0.29, 0.717) is 5.56 Å². The number of piperazine rings is 1. The summed E-state index contributed by atoms with van der Waals surface area (Å²) in [5, 5.41) is 4.03. The molecule has 6 heteroatoms. The van der Waals surface area contributed by atoms with Gasteiger partial charge in [-0.3, -0.25) is 4.79 Å². The molecule has 128 valence electrons. The molecule has 0 unspecified atom stereocenters. The minimum atomic E-state index is -0.0937. The van der Waals surface area contributed by atoms with Crippen LogP contribution in [0.5, 0.6) is 0 Å². The lowest BCUT2D eigenvalue weighted by Gasteiger charge is -2.31. The zero-order valence-corrected chi connectivity index (χ0v) is 14.9. The first-order valence-corrected chi connectivity index (χ1v) is 9.21. The molecule has 0 atom stereocenters. The zero-order valence-electron chi connectivity index (χ0n) is 14.1. The summed E-state index contributed by atoms with van der Waals surface area (Å²) in [6, 6.07) is 15.2. The molecule has 0 spiro atoms. The van der Waals surface area contributed by atoms with E-state index in [1.807, 2.05) is 48.5 Å². The number of carbonyl (C=O) groups is 1. The number of fused-ring (bicyclic) bond motifs is 1. The summed E-state index contributed by atoms with van der Waals surface area (Å²) in [6.45, 7) is 4.14. The molecule has 1 aliphatic rings. The number of hydrogen-bond donors (Lipinski definition) is 1. The Morgan fingerprint density at radius 2 is 1.84 bits per heavy atom. The second-order valence-corrected chi connectivity index (χ2v) is 7.30. The lowest BCUT2D eigenvalue weighted by molar-refractivity contribution is 0.102. The summed E-state index contributed by atoms with van der Waals surface area (Å²) in [7, 11) is 2.15. The van der Waals surface area contributed by atoms with Gasteiger partial charge in [-0.1, -0.05) is 29.5 Å². The quantitative estimate of drug-likeness (QED) is 0.786. The maximum absolute atomic E-state index is 12.3. The topological polar surface area (TPSA) is 48.5 Å². The lowest BCUT2D eigenvalue weighted by Crippen LogP contribution is -2.44. The average Bonchev–Trinajstić information content (AvgIpc) is 3.06. The third-order valence-corrected chi connectivity index (χ3v) is 5.52. The summed E-state index contributed by atoms with van der Waals surface area (Å²) in [6.07, 6.45) is 0. The van der Waals surface area contributed by atoms with E-state index < -0.39 is 0 Å². The Balaban J connectivity index is 1.53. The fourth-order valence-electron chi connectivity index (χ4n) is 2.92. The number of thiazole rings is 1. The van der Waals surface area contributed by atoms with Crippen molar-refractivity contribution in [3.8, 4) is 0 Å². The molecule has 3 aromatic rings. The van der Waals surface area contributed by atoms with Crippen LogP contribution in [0.25, 0.3) is 10.2 Å². The molecular weight excluding hydrogens is 332 g/mol. The first kappa shape index (κ1) is 16.1. The van der Waals surface area contributed by atoms with Crippen molar-refractivity contribution in [2.45, 2.75) is 0 Å². The molecule has 0 saturated carbocycles. The molecule has 1 aliphatic heterocycles. The van der Waals surface area contributed by atoms with Gasteiger partial charge in [-0.25, -0.2) is 4.98 Å². The number of hydrogen-bond acceptors (Lipinski definition) is 5. The van der Waals surface area contributed by atoms with Gasteiger partial charge in [-0.15, -0.1) is 0 Å². The Hall–Kier alpha value is -2.44. The van der Waals surface area contributed by atoms with Crippen molar-refractivity contribution in [3.05, 3.63) is 54.1 Å². The van der Waals surface area contributed by atoms with Crippen LogP contribution in [0.1, 0.15) is 10.4 Å². The molecule has 1 fully saturated rings. The summed E-state index contributed by atoms with van der Waals surface area (Å²) < 4.78 is 1.10. The van der Waals surface area contributed by atoms with E-state index in [0.717, 1.165) is 47.2 Å². The van der Waals surface area contributed by atoms with E-state index in [1.54, 1.807) is 11.3 Å². The average molecular weight is 352 g/mol. The van der Waals surface area contributed by atoms with Crippen molar-refractivity contribution in [2.24, 2.45) is 0 Å². The van der Waals surface area contributed by atoms with Gasteiger partial charge in [-0.05, 0) is 37.4 Å². The normalized spacial score (nSPS) is 15.5. The van der Waals surface area contributed by atoms with E-state index in [2.05, 4.69) is 22.2 Å². The summed E-state index contributed by atoms with van der Waals surface area (Å²) in [5.74, 6) is -0.0937. The molecule has 1 aromatic heterocycles. The number of rotatable bonds is 3. The molecule has 0 radical (unpaired) electrons. The fraction of sp³-hybridized carbons (Fsp3) is 0.263. The summed E-state index contributed by atoms with van der Waals surface area (Å²) >= 11 is 1.69. The first-order valence-electron chi connectivity index (χ1n) is 8.39. The second kappa shape index (κ2) is 6.82. The van der Waals surface area contributed by atoms with Crippen molar-refractivity contribution >= 4 is 38.3 Å². The van der Waals surface area contributed by atoms with E-state index >= 15 is 0 Å². The van der Waals surface area contributed by atoms with Gasteiger partial charge in [0.15, 0.2) is 5.13 Å². The predicted octanol–water partition coefficient (Wildman–Crippen LogP) is 3.30. The number of aromatic nitrogens is 1. The smallest absolute Gasteiger partial charge is 0.255 e. The fourth-order valence-corrected chi connectivity index (χ4v) is 3.97. The molecule has 0 bridgehead atoms. The number of benzene rings is 2. The highest BCUT2D eigenvalue weighted by Crippen LogP contribution is 2.31. The Morgan fingerprint density at radius 3 is 2.60 bits per heavy atom. The van der Waals surface area contributed by atoms with E-state index in [-0.39, 0.29) is 5.91 Å². The van der Waals surface area contributed by atoms with Crippen LogP contribution < -0.4 is 10.2 Å². The zero-order chi connectivity index (χ0) is 17.2. The number of amides is 1. The van der Waals surface area contributed by atoms with Crippen LogP contribution in [0, 0.1) is 0 Å². The maximum atomic E-state index is 12.3. The summed E-state index contributed by atoms with van der Waals surface area (Å²) in [4.78, 5) is 21.7. The van der Waals surface area contributed by atoms with Gasteiger partial charge < -0.3 is 15.1 Å². The number of likely N-dealkylation sites (N-methyl/N-ethyl adjacent to an activating group) is 1. The van der Waals surface area contributed by atoms with Gasteiger partial charge in [0, 0.05) is 37.4 Å². The molecule has 0 aliphatic carbocycles. The molecule has 2 heterocycles. The van der Waals surface area contributed by atoms with Crippen molar-refractivity contribution < 1.29 is 4.79 Å². The first-order chi connectivity index (χ1) is 12.2. The highest BCUT2D eigenvalue weighted by Gasteiger charge is 2.17. The van der Waals surface area contributed by atoms with Crippen LogP contribution in [0.3, 0.4) is 0 Å². The Bertz CT molecular complexity index is 885. The monoisotopic (exact) mass is 352 g/mol. The molecule has 1 amide bonds. The molecule has 25 heavy (non-hydrogen) atoms. The standard InChI is InChI=1S/C19H20N4OS/c1-22-9-11-23(12-10-22)19-21-16-8-7-15(13-17(16)25-19)20-18(24)14-5-3-2-4-6-14/h2-8,13H,9-12H2,1H3,(H,20,24). The highest BCUT2D eigenvalue weighted by molar-refractivity contribution is 7.22. The van der Waals surface area contributed by atoms with Crippen molar-refractivity contribution in [1.29, 1.82) is 0 Å². The summed E-state index contributed by atoms with van der Waals surface area (Å²) in [5.41, 5.74) is 2.44. The van der Waals surface area contributed by atoms with E-state index in [1.165, 1.54) is 0 Å². The second-order valence-electron chi connectivity index (χ2n) is 6.29. The van der Waals surface area contributed by atoms with Crippen molar-refractivity contribution in [1.82, 2.24) is 9.88 Å². The molecule has 2 aromatic carbocycles. The van der Waals surface area contributed by atoms with Crippen LogP contribution in [-0.2, 0) is 0 Å². The molecule has 4 rings (SSSR count). The van der Waals surface area contributed by atoms with E-state index in [4.69, 9.17) is 4.98 Å².